The van der Waals surface area contributed by atoms with Crippen LogP contribution in [-0.2, 0) is 12.9 Å². The summed E-state index contributed by atoms with van der Waals surface area (Å²) in [5.41, 5.74) is 2.24. The van der Waals surface area contributed by atoms with Crippen LogP contribution in [0.25, 0.3) is 0 Å². The lowest BCUT2D eigenvalue weighted by molar-refractivity contribution is 0.370. The van der Waals surface area contributed by atoms with Crippen LogP contribution in [0.2, 0.25) is 0 Å². The Morgan fingerprint density at radius 2 is 2.17 bits per heavy atom. The molecule has 1 aromatic rings. The average Bonchev–Trinajstić information content (AvgIpc) is 2.81. The molecule has 1 saturated heterocycles. The summed E-state index contributed by atoms with van der Waals surface area (Å²) in [5.74, 6) is 1.76. The number of aryl methyl sites for hydroxylation is 2. The maximum atomic E-state index is 6.09. The Labute approximate surface area is 115 Å². The molecule has 1 unspecified atom stereocenters. The highest BCUT2D eigenvalue weighted by molar-refractivity contribution is 6.17. The molecule has 18 heavy (non-hydrogen) atoms. The summed E-state index contributed by atoms with van der Waals surface area (Å²) in [6, 6.07) is 0.580. The Kier molecular flexibility index (Phi) is 4.17. The largest absolute Gasteiger partial charge is 0.352 e. The van der Waals surface area contributed by atoms with Crippen LogP contribution in [0.1, 0.15) is 24.1 Å². The van der Waals surface area contributed by atoms with E-state index in [-0.39, 0.29) is 0 Å². The molecule has 0 N–H and O–H groups in total. The Balaban J connectivity index is 2.29. The molecule has 2 heterocycles. The first-order chi connectivity index (χ1) is 8.54. The van der Waals surface area contributed by atoms with E-state index in [0.29, 0.717) is 11.9 Å². The SMILES string of the molecule is Cc1nn(C)c(N2CCCC2CN(C)C)c1CCl. The van der Waals surface area contributed by atoms with Gasteiger partial charge in [-0.3, -0.25) is 4.68 Å². The zero-order valence-corrected chi connectivity index (χ0v) is 12.5. The van der Waals surface area contributed by atoms with Crippen LogP contribution >= 0.6 is 11.6 Å². The quantitative estimate of drug-likeness (QED) is 0.782. The highest BCUT2D eigenvalue weighted by Crippen LogP contribution is 2.31. The third-order valence-corrected chi connectivity index (χ3v) is 3.94. The molecule has 102 valence electrons. The van der Waals surface area contributed by atoms with Gasteiger partial charge in [0.25, 0.3) is 0 Å². The fourth-order valence-corrected chi connectivity index (χ4v) is 3.24. The molecule has 1 fully saturated rings. The van der Waals surface area contributed by atoms with E-state index >= 15 is 0 Å². The molecule has 1 aliphatic rings. The van der Waals surface area contributed by atoms with Gasteiger partial charge in [-0.05, 0) is 33.9 Å². The monoisotopic (exact) mass is 270 g/mol. The molecular formula is C13H23ClN4. The number of aromatic nitrogens is 2. The van der Waals surface area contributed by atoms with E-state index in [4.69, 9.17) is 11.6 Å². The maximum Gasteiger partial charge on any atom is 0.131 e. The second-order valence-corrected chi connectivity index (χ2v) is 5.66. The number of anilines is 1. The molecule has 0 spiro atoms. The summed E-state index contributed by atoms with van der Waals surface area (Å²) < 4.78 is 1.99. The van der Waals surface area contributed by atoms with Crippen LogP contribution in [0.3, 0.4) is 0 Å². The summed E-state index contributed by atoms with van der Waals surface area (Å²) in [6.07, 6.45) is 2.51. The first-order valence-electron chi connectivity index (χ1n) is 6.54. The average molecular weight is 271 g/mol. The highest BCUT2D eigenvalue weighted by atomic mass is 35.5. The van der Waals surface area contributed by atoms with E-state index in [1.807, 2.05) is 18.7 Å². The smallest absolute Gasteiger partial charge is 0.131 e. The number of rotatable bonds is 4. The standard InChI is InChI=1S/C13H23ClN4/c1-10-12(8-14)13(17(4)15-10)18-7-5-6-11(18)9-16(2)3/h11H,5-9H2,1-4H3. The van der Waals surface area contributed by atoms with Gasteiger partial charge in [-0.1, -0.05) is 0 Å². The van der Waals surface area contributed by atoms with Crippen molar-refractivity contribution in [1.82, 2.24) is 14.7 Å². The van der Waals surface area contributed by atoms with Crippen LogP contribution in [-0.4, -0.2) is 47.9 Å². The fourth-order valence-electron chi connectivity index (χ4n) is 2.93. The van der Waals surface area contributed by atoms with Crippen molar-refractivity contribution in [2.75, 3.05) is 32.1 Å². The molecule has 2 rings (SSSR count). The minimum atomic E-state index is 0.542. The zero-order valence-electron chi connectivity index (χ0n) is 11.8. The minimum absolute atomic E-state index is 0.542. The zero-order chi connectivity index (χ0) is 13.3. The first kappa shape index (κ1) is 13.7. The predicted octanol–water partition coefficient (Wildman–Crippen LogP) is 2.00. The van der Waals surface area contributed by atoms with E-state index in [0.717, 1.165) is 18.8 Å². The number of alkyl halides is 1. The van der Waals surface area contributed by atoms with Gasteiger partial charge in [-0.25, -0.2) is 0 Å². The molecule has 1 aromatic heterocycles. The fraction of sp³-hybridized carbons (Fsp3) is 0.769. The molecule has 0 aliphatic carbocycles. The molecule has 0 radical (unpaired) electrons. The van der Waals surface area contributed by atoms with Crippen molar-refractivity contribution in [1.29, 1.82) is 0 Å². The molecule has 5 heteroatoms. The van der Waals surface area contributed by atoms with E-state index in [1.54, 1.807) is 0 Å². The Morgan fingerprint density at radius 1 is 1.44 bits per heavy atom. The van der Waals surface area contributed by atoms with E-state index in [2.05, 4.69) is 29.0 Å². The van der Waals surface area contributed by atoms with Crippen molar-refractivity contribution in [3.8, 4) is 0 Å². The number of nitrogens with zero attached hydrogens (tertiary/aromatic N) is 4. The molecule has 1 aliphatic heterocycles. The summed E-state index contributed by atoms with van der Waals surface area (Å²) in [4.78, 5) is 4.74. The van der Waals surface area contributed by atoms with Crippen LogP contribution in [0.4, 0.5) is 5.82 Å². The van der Waals surface area contributed by atoms with Gasteiger partial charge < -0.3 is 9.80 Å². The van der Waals surface area contributed by atoms with Crippen molar-refractivity contribution < 1.29 is 0 Å². The van der Waals surface area contributed by atoms with Crippen molar-refractivity contribution in [2.45, 2.75) is 31.7 Å². The van der Waals surface area contributed by atoms with E-state index in [1.165, 1.54) is 24.2 Å². The Bertz CT molecular complexity index is 413. The van der Waals surface area contributed by atoms with Gasteiger partial charge in [0, 0.05) is 31.7 Å². The lowest BCUT2D eigenvalue weighted by Gasteiger charge is -2.29. The van der Waals surface area contributed by atoms with Gasteiger partial charge in [0.05, 0.1) is 11.6 Å². The Hall–Kier alpha value is -0.740. The number of hydrogen-bond donors (Lipinski definition) is 0. The van der Waals surface area contributed by atoms with E-state index < -0.39 is 0 Å². The van der Waals surface area contributed by atoms with Gasteiger partial charge in [-0.2, -0.15) is 5.10 Å². The number of halogens is 1. The molecular weight excluding hydrogens is 248 g/mol. The van der Waals surface area contributed by atoms with Gasteiger partial charge in [-0.15, -0.1) is 11.6 Å². The van der Waals surface area contributed by atoms with Crippen LogP contribution in [0.5, 0.6) is 0 Å². The minimum Gasteiger partial charge on any atom is -0.352 e. The first-order valence-corrected chi connectivity index (χ1v) is 7.07. The second-order valence-electron chi connectivity index (χ2n) is 5.40. The summed E-state index contributed by atoms with van der Waals surface area (Å²) in [7, 11) is 6.28. The molecule has 0 saturated carbocycles. The number of hydrogen-bond acceptors (Lipinski definition) is 3. The number of likely N-dealkylation sites (N-methyl/N-ethyl adjacent to an activating group) is 1. The predicted molar refractivity (Wildman–Crippen MR) is 76.4 cm³/mol. The molecule has 0 aromatic carbocycles. The van der Waals surface area contributed by atoms with Gasteiger partial charge in [0.1, 0.15) is 5.82 Å². The molecule has 0 amide bonds. The second kappa shape index (κ2) is 5.49. The third-order valence-electron chi connectivity index (χ3n) is 3.67. The lowest BCUT2D eigenvalue weighted by Crippen LogP contribution is -2.38. The van der Waals surface area contributed by atoms with Crippen molar-refractivity contribution in [3.05, 3.63) is 11.3 Å². The topological polar surface area (TPSA) is 24.3 Å². The van der Waals surface area contributed by atoms with Gasteiger partial charge in [0.2, 0.25) is 0 Å². The molecule has 1 atom stereocenters. The van der Waals surface area contributed by atoms with Crippen molar-refractivity contribution in [3.63, 3.8) is 0 Å². The summed E-state index contributed by atoms with van der Waals surface area (Å²) in [5, 5.41) is 4.52. The van der Waals surface area contributed by atoms with Gasteiger partial charge in [0.15, 0.2) is 0 Å². The molecule has 4 nitrogen and oxygen atoms in total. The third kappa shape index (κ3) is 2.50. The lowest BCUT2D eigenvalue weighted by atomic mass is 10.2. The van der Waals surface area contributed by atoms with Crippen molar-refractivity contribution in [2.24, 2.45) is 7.05 Å². The highest BCUT2D eigenvalue weighted by Gasteiger charge is 2.29. The maximum absolute atomic E-state index is 6.09. The van der Waals surface area contributed by atoms with Gasteiger partial charge >= 0.3 is 0 Å². The van der Waals surface area contributed by atoms with Crippen LogP contribution in [0.15, 0.2) is 0 Å². The Morgan fingerprint density at radius 3 is 2.78 bits per heavy atom. The molecule has 0 bridgehead atoms. The normalized spacial score (nSPS) is 20.1. The van der Waals surface area contributed by atoms with Crippen LogP contribution < -0.4 is 4.90 Å². The summed E-state index contributed by atoms with van der Waals surface area (Å²) >= 11 is 6.09. The van der Waals surface area contributed by atoms with Crippen molar-refractivity contribution >= 4 is 17.4 Å². The van der Waals surface area contributed by atoms with Crippen LogP contribution in [0, 0.1) is 6.92 Å². The van der Waals surface area contributed by atoms with E-state index in [9.17, 15) is 0 Å². The summed E-state index contributed by atoms with van der Waals surface area (Å²) in [6.45, 7) is 4.24.